The van der Waals surface area contributed by atoms with Crippen molar-refractivity contribution in [2.24, 2.45) is 17.8 Å². The molecule has 1 saturated heterocycles. The van der Waals surface area contributed by atoms with E-state index in [1.165, 1.54) is 0 Å². The van der Waals surface area contributed by atoms with E-state index in [1.807, 2.05) is 0 Å². The standard InChI is InChI=1S/C8H15O5P/c1-5-2-6-3-12-7(8(5)6)4-13-14(9,10)11/h5-8H,2-4H2,1H3,(H2,9,10,11)/t5-,6-,7+,8?/m0/s1. The fourth-order valence-corrected chi connectivity index (χ4v) is 2.94. The molecule has 6 heteroatoms. The van der Waals surface area contributed by atoms with Gasteiger partial charge in [0.15, 0.2) is 0 Å². The van der Waals surface area contributed by atoms with Gasteiger partial charge in [0.05, 0.1) is 19.3 Å². The minimum absolute atomic E-state index is 0.00971. The highest BCUT2D eigenvalue weighted by Crippen LogP contribution is 2.49. The number of ether oxygens (including phenoxy) is 1. The summed E-state index contributed by atoms with van der Waals surface area (Å²) in [5, 5.41) is 0. The van der Waals surface area contributed by atoms with Crippen LogP contribution in [0.2, 0.25) is 0 Å². The molecule has 5 nitrogen and oxygen atoms in total. The Labute approximate surface area is 82.6 Å². The van der Waals surface area contributed by atoms with Gasteiger partial charge in [0.25, 0.3) is 0 Å². The monoisotopic (exact) mass is 222 g/mol. The second-order valence-electron chi connectivity index (χ2n) is 4.21. The first-order valence-electron chi connectivity index (χ1n) is 4.79. The van der Waals surface area contributed by atoms with Crippen LogP contribution in [0.5, 0.6) is 0 Å². The maximum Gasteiger partial charge on any atom is 0.469 e. The summed E-state index contributed by atoms with van der Waals surface area (Å²) in [7, 11) is -4.34. The summed E-state index contributed by atoms with van der Waals surface area (Å²) in [6.45, 7) is 2.86. The van der Waals surface area contributed by atoms with Crippen LogP contribution in [0.25, 0.3) is 0 Å². The first kappa shape index (κ1) is 10.6. The highest BCUT2D eigenvalue weighted by atomic mass is 31.2. The fraction of sp³-hybridized carbons (Fsp3) is 1.00. The van der Waals surface area contributed by atoms with Gasteiger partial charge in [-0.15, -0.1) is 0 Å². The third kappa shape index (κ3) is 2.02. The summed E-state index contributed by atoms with van der Waals surface area (Å²) >= 11 is 0. The smallest absolute Gasteiger partial charge is 0.375 e. The summed E-state index contributed by atoms with van der Waals surface area (Å²) in [4.78, 5) is 17.1. The minimum atomic E-state index is -4.34. The lowest BCUT2D eigenvalue weighted by atomic mass is 9.65. The van der Waals surface area contributed by atoms with Crippen LogP contribution in [0.15, 0.2) is 0 Å². The highest BCUT2D eigenvalue weighted by Gasteiger charge is 2.48. The summed E-state index contributed by atoms with van der Waals surface area (Å²) in [5.41, 5.74) is 0. The number of rotatable bonds is 3. The van der Waals surface area contributed by atoms with Gasteiger partial charge in [0.2, 0.25) is 0 Å². The molecule has 0 aromatic heterocycles. The Bertz CT molecular complexity index is 262. The van der Waals surface area contributed by atoms with Gasteiger partial charge < -0.3 is 14.5 Å². The Kier molecular flexibility index (Phi) is 2.70. The maximum absolute atomic E-state index is 10.5. The van der Waals surface area contributed by atoms with E-state index in [9.17, 15) is 4.57 Å². The van der Waals surface area contributed by atoms with E-state index >= 15 is 0 Å². The van der Waals surface area contributed by atoms with Crippen molar-refractivity contribution in [2.75, 3.05) is 13.2 Å². The van der Waals surface area contributed by atoms with Crippen LogP contribution in [-0.4, -0.2) is 29.1 Å². The average molecular weight is 222 g/mol. The molecule has 0 amide bonds. The maximum atomic E-state index is 10.5. The number of phosphoric acid groups is 1. The summed E-state index contributed by atoms with van der Waals surface area (Å²) in [6.07, 6.45) is 1.04. The minimum Gasteiger partial charge on any atom is -0.375 e. The molecule has 1 saturated carbocycles. The molecule has 0 spiro atoms. The van der Waals surface area contributed by atoms with Gasteiger partial charge in [-0.25, -0.2) is 4.57 Å². The van der Waals surface area contributed by atoms with Gasteiger partial charge in [-0.1, -0.05) is 6.92 Å². The lowest BCUT2D eigenvalue weighted by Crippen LogP contribution is -2.39. The molecule has 2 fully saturated rings. The van der Waals surface area contributed by atoms with Crippen LogP contribution in [0.4, 0.5) is 0 Å². The van der Waals surface area contributed by atoms with Crippen molar-refractivity contribution in [3.05, 3.63) is 0 Å². The Morgan fingerprint density at radius 2 is 2.29 bits per heavy atom. The molecule has 14 heavy (non-hydrogen) atoms. The Morgan fingerprint density at radius 3 is 2.86 bits per heavy atom. The molecule has 0 radical (unpaired) electrons. The van der Waals surface area contributed by atoms with E-state index < -0.39 is 7.82 Å². The van der Waals surface area contributed by atoms with Crippen LogP contribution >= 0.6 is 7.82 Å². The molecule has 82 valence electrons. The molecule has 1 heterocycles. The van der Waals surface area contributed by atoms with Crippen LogP contribution < -0.4 is 0 Å². The molecule has 2 aliphatic rings. The third-order valence-corrected chi connectivity index (χ3v) is 3.72. The lowest BCUT2D eigenvalue weighted by Gasteiger charge is -2.39. The van der Waals surface area contributed by atoms with E-state index in [0.717, 1.165) is 6.42 Å². The van der Waals surface area contributed by atoms with Crippen LogP contribution in [0, 0.1) is 17.8 Å². The molecule has 1 aliphatic carbocycles. The van der Waals surface area contributed by atoms with Crippen LogP contribution in [0.1, 0.15) is 13.3 Å². The Balaban J connectivity index is 1.85. The van der Waals surface area contributed by atoms with Crippen molar-refractivity contribution in [3.8, 4) is 0 Å². The molecule has 2 N–H and O–H groups in total. The van der Waals surface area contributed by atoms with E-state index in [4.69, 9.17) is 14.5 Å². The first-order chi connectivity index (χ1) is 6.47. The molecule has 4 atom stereocenters. The number of phosphoric ester groups is 1. The van der Waals surface area contributed by atoms with Crippen LogP contribution in [-0.2, 0) is 13.8 Å². The topological polar surface area (TPSA) is 76.0 Å². The zero-order chi connectivity index (χ0) is 10.3. The van der Waals surface area contributed by atoms with Crippen molar-refractivity contribution in [1.29, 1.82) is 0 Å². The van der Waals surface area contributed by atoms with E-state index in [1.54, 1.807) is 0 Å². The SMILES string of the molecule is C[C@H]1C[C@H]2CO[C@H](COP(=O)(O)O)C21. The van der Waals surface area contributed by atoms with Crippen molar-refractivity contribution < 1.29 is 23.6 Å². The van der Waals surface area contributed by atoms with Gasteiger partial charge in [-0.3, -0.25) is 4.52 Å². The van der Waals surface area contributed by atoms with Gasteiger partial charge in [0.1, 0.15) is 0 Å². The van der Waals surface area contributed by atoms with Crippen molar-refractivity contribution in [2.45, 2.75) is 19.4 Å². The zero-order valence-electron chi connectivity index (χ0n) is 8.00. The van der Waals surface area contributed by atoms with E-state index in [2.05, 4.69) is 11.4 Å². The molecule has 0 aromatic rings. The summed E-state index contributed by atoms with van der Waals surface area (Å²) in [5.74, 6) is 1.60. The Hall–Kier alpha value is 0.0700. The second kappa shape index (κ2) is 3.58. The highest BCUT2D eigenvalue weighted by molar-refractivity contribution is 7.46. The molecule has 0 aromatic carbocycles. The second-order valence-corrected chi connectivity index (χ2v) is 5.45. The predicted octanol–water partition coefficient (Wildman–Crippen LogP) is 0.767. The van der Waals surface area contributed by atoms with Crippen molar-refractivity contribution in [3.63, 3.8) is 0 Å². The predicted molar refractivity (Wildman–Crippen MR) is 48.5 cm³/mol. The van der Waals surface area contributed by atoms with E-state index in [-0.39, 0.29) is 12.7 Å². The molecular weight excluding hydrogens is 207 g/mol. The molecular formula is C8H15O5P. The normalized spacial score (nSPS) is 41.9. The van der Waals surface area contributed by atoms with Crippen LogP contribution in [0.3, 0.4) is 0 Å². The molecule has 0 bridgehead atoms. The molecule has 2 rings (SSSR count). The van der Waals surface area contributed by atoms with Gasteiger partial charge >= 0.3 is 7.82 Å². The van der Waals surface area contributed by atoms with Gasteiger partial charge in [-0.05, 0) is 24.2 Å². The third-order valence-electron chi connectivity index (χ3n) is 3.24. The van der Waals surface area contributed by atoms with Crippen molar-refractivity contribution >= 4 is 7.82 Å². The first-order valence-corrected chi connectivity index (χ1v) is 6.32. The summed E-state index contributed by atoms with van der Waals surface area (Å²) in [6, 6.07) is 0. The van der Waals surface area contributed by atoms with Gasteiger partial charge in [0, 0.05) is 0 Å². The van der Waals surface area contributed by atoms with Gasteiger partial charge in [-0.2, -0.15) is 0 Å². The number of hydrogen-bond donors (Lipinski definition) is 2. The Morgan fingerprint density at radius 1 is 1.57 bits per heavy atom. The van der Waals surface area contributed by atoms with E-state index in [0.29, 0.717) is 24.4 Å². The largest absolute Gasteiger partial charge is 0.469 e. The molecule has 1 unspecified atom stereocenters. The fourth-order valence-electron chi connectivity index (χ4n) is 2.60. The lowest BCUT2D eigenvalue weighted by molar-refractivity contribution is 0.0169. The quantitative estimate of drug-likeness (QED) is 0.689. The molecule has 1 aliphatic heterocycles. The number of hydrogen-bond acceptors (Lipinski definition) is 3. The van der Waals surface area contributed by atoms with Crippen molar-refractivity contribution in [1.82, 2.24) is 0 Å². The average Bonchev–Trinajstić information content (AvgIpc) is 2.36. The summed E-state index contributed by atoms with van der Waals surface area (Å²) < 4.78 is 20.4. The number of fused-ring (bicyclic) bond motifs is 1. The zero-order valence-corrected chi connectivity index (χ0v) is 8.89.